The molecule has 1 atom stereocenters. The third kappa shape index (κ3) is 6.25. The highest BCUT2D eigenvalue weighted by atomic mass is 32.2. The molecule has 4 rings (SSSR count). The molecule has 0 spiro atoms. The van der Waals surface area contributed by atoms with Crippen molar-refractivity contribution in [3.05, 3.63) is 84.4 Å². The molecule has 0 saturated carbocycles. The Hall–Kier alpha value is -4.38. The van der Waals surface area contributed by atoms with E-state index in [1.54, 1.807) is 48.5 Å². The van der Waals surface area contributed by atoms with Crippen LogP contribution in [0.5, 0.6) is 11.5 Å². The van der Waals surface area contributed by atoms with E-state index in [1.807, 2.05) is 6.07 Å². The zero-order chi connectivity index (χ0) is 26.4. The lowest BCUT2D eigenvalue weighted by Crippen LogP contribution is -2.45. The van der Waals surface area contributed by atoms with Crippen molar-refractivity contribution >= 4 is 33.5 Å². The first-order chi connectivity index (χ1) is 17.7. The van der Waals surface area contributed by atoms with E-state index in [1.165, 1.54) is 29.2 Å². The van der Waals surface area contributed by atoms with Gasteiger partial charge in [-0.05, 0) is 61.4 Å². The molecule has 1 aliphatic heterocycles. The highest BCUT2D eigenvalue weighted by molar-refractivity contribution is 7.92. The maximum Gasteiger partial charge on any atom is 0.326 e. The van der Waals surface area contributed by atoms with Crippen LogP contribution in [0.15, 0.2) is 83.8 Å². The number of amides is 2. The Balaban J connectivity index is 1.39. The molecule has 1 heterocycles. The minimum Gasteiger partial charge on any atom is -0.480 e. The van der Waals surface area contributed by atoms with E-state index in [0.717, 1.165) is 0 Å². The number of likely N-dealkylation sites (tertiary alicyclic amines) is 1. The lowest BCUT2D eigenvalue weighted by Gasteiger charge is -2.21. The number of carboxylic acid groups (broad SMARTS) is 1. The van der Waals surface area contributed by atoms with E-state index in [4.69, 9.17) is 4.74 Å². The van der Waals surface area contributed by atoms with Gasteiger partial charge < -0.3 is 20.1 Å². The summed E-state index contributed by atoms with van der Waals surface area (Å²) in [5.74, 6) is -1.28. The third-order valence-corrected chi connectivity index (χ3v) is 7.17. The molecule has 37 heavy (non-hydrogen) atoms. The summed E-state index contributed by atoms with van der Waals surface area (Å²) in [6.45, 7) is -0.0346. The number of para-hydroxylation sites is 3. The molecule has 1 aliphatic rings. The van der Waals surface area contributed by atoms with Crippen LogP contribution in [0, 0.1) is 0 Å². The van der Waals surface area contributed by atoms with Crippen LogP contribution < -0.4 is 14.8 Å². The second kappa shape index (κ2) is 11.1. The van der Waals surface area contributed by atoms with Gasteiger partial charge >= 0.3 is 5.97 Å². The highest BCUT2D eigenvalue weighted by Gasteiger charge is 2.33. The van der Waals surface area contributed by atoms with Gasteiger partial charge in [0.05, 0.1) is 17.1 Å². The van der Waals surface area contributed by atoms with Gasteiger partial charge in [0.1, 0.15) is 11.8 Å². The molecular formula is C26H25N3O7S. The van der Waals surface area contributed by atoms with Gasteiger partial charge in [0.15, 0.2) is 5.75 Å². The van der Waals surface area contributed by atoms with Crippen molar-refractivity contribution in [1.82, 2.24) is 10.2 Å². The Morgan fingerprint density at radius 1 is 0.946 bits per heavy atom. The van der Waals surface area contributed by atoms with Gasteiger partial charge in [-0.3, -0.25) is 14.3 Å². The van der Waals surface area contributed by atoms with Gasteiger partial charge in [-0.25, -0.2) is 13.2 Å². The minimum atomic E-state index is -4.00. The number of anilines is 1. The largest absolute Gasteiger partial charge is 0.480 e. The van der Waals surface area contributed by atoms with E-state index in [2.05, 4.69) is 10.0 Å². The van der Waals surface area contributed by atoms with Gasteiger partial charge in [0.25, 0.3) is 15.9 Å². The Labute approximate surface area is 213 Å². The Morgan fingerprint density at radius 3 is 2.32 bits per heavy atom. The highest BCUT2D eigenvalue weighted by Crippen LogP contribution is 2.31. The van der Waals surface area contributed by atoms with Crippen LogP contribution in [0.4, 0.5) is 5.69 Å². The number of nitrogens with zero attached hydrogens (tertiary/aromatic N) is 1. The molecule has 10 nitrogen and oxygen atoms in total. The average molecular weight is 524 g/mol. The molecule has 3 aromatic rings. The molecule has 3 N–H and O–H groups in total. The van der Waals surface area contributed by atoms with Crippen molar-refractivity contribution in [3.8, 4) is 11.5 Å². The summed E-state index contributed by atoms with van der Waals surface area (Å²) >= 11 is 0. The maximum atomic E-state index is 13.0. The van der Waals surface area contributed by atoms with Crippen molar-refractivity contribution in [1.29, 1.82) is 0 Å². The number of carbonyl (C=O) groups is 3. The number of rotatable bonds is 9. The van der Waals surface area contributed by atoms with Gasteiger partial charge in [-0.1, -0.05) is 30.3 Å². The average Bonchev–Trinajstić information content (AvgIpc) is 3.40. The lowest BCUT2D eigenvalue weighted by molar-refractivity contribution is -0.147. The fourth-order valence-corrected chi connectivity index (χ4v) is 5.00. The zero-order valence-electron chi connectivity index (χ0n) is 19.7. The topological polar surface area (TPSA) is 142 Å². The number of benzene rings is 3. The van der Waals surface area contributed by atoms with Crippen LogP contribution in [-0.4, -0.2) is 55.3 Å². The van der Waals surface area contributed by atoms with Crippen molar-refractivity contribution in [2.24, 2.45) is 0 Å². The van der Waals surface area contributed by atoms with Crippen LogP contribution in [0.25, 0.3) is 0 Å². The number of sulfonamides is 1. The molecule has 1 saturated heterocycles. The summed E-state index contributed by atoms with van der Waals surface area (Å²) in [4.78, 5) is 37.2. The number of aliphatic carboxylic acids is 1. The van der Waals surface area contributed by atoms with Crippen molar-refractivity contribution in [2.45, 2.75) is 23.8 Å². The van der Waals surface area contributed by atoms with E-state index in [0.29, 0.717) is 30.9 Å². The number of ether oxygens (including phenoxy) is 1. The van der Waals surface area contributed by atoms with Gasteiger partial charge in [-0.2, -0.15) is 0 Å². The molecule has 0 unspecified atom stereocenters. The van der Waals surface area contributed by atoms with Crippen LogP contribution in [0.3, 0.4) is 0 Å². The monoisotopic (exact) mass is 523 g/mol. The fraction of sp³-hybridized carbons (Fsp3) is 0.192. The first kappa shape index (κ1) is 25.7. The van der Waals surface area contributed by atoms with Crippen LogP contribution in [0.2, 0.25) is 0 Å². The van der Waals surface area contributed by atoms with Gasteiger partial charge in [0, 0.05) is 12.1 Å². The fourth-order valence-electron chi connectivity index (χ4n) is 3.93. The smallest absolute Gasteiger partial charge is 0.326 e. The molecule has 0 bridgehead atoms. The maximum absolute atomic E-state index is 13.0. The Bertz CT molecular complexity index is 1390. The summed E-state index contributed by atoms with van der Waals surface area (Å²) in [6.07, 6.45) is 0.964. The molecule has 192 valence electrons. The Kier molecular flexibility index (Phi) is 7.73. The van der Waals surface area contributed by atoms with Crippen LogP contribution in [0.1, 0.15) is 23.2 Å². The van der Waals surface area contributed by atoms with Crippen molar-refractivity contribution in [3.63, 3.8) is 0 Å². The van der Waals surface area contributed by atoms with Gasteiger partial charge in [-0.15, -0.1) is 0 Å². The molecular weight excluding hydrogens is 498 g/mol. The molecule has 2 amide bonds. The lowest BCUT2D eigenvalue weighted by atomic mass is 10.2. The second-order valence-electron chi connectivity index (χ2n) is 8.31. The molecule has 0 aromatic heterocycles. The minimum absolute atomic E-state index is 0.0731. The third-order valence-electron chi connectivity index (χ3n) is 5.79. The van der Waals surface area contributed by atoms with Crippen molar-refractivity contribution < 1.29 is 32.6 Å². The molecule has 11 heteroatoms. The summed E-state index contributed by atoms with van der Waals surface area (Å²) < 4.78 is 34.2. The van der Waals surface area contributed by atoms with E-state index >= 15 is 0 Å². The standard InChI is InChI=1S/C26H25N3O7S/c30-24(29-16-6-10-22(29)26(32)33)17-27-25(31)18-12-14-20(15-13-18)37(34,35)28-21-9-4-5-11-23(21)36-19-7-2-1-3-8-19/h1-5,7-9,11-15,22,28H,6,10,16-17H2,(H,27,31)(H,32,33)/t22-/m0/s1. The summed E-state index contributed by atoms with van der Waals surface area (Å²) in [5.41, 5.74) is 0.393. The number of nitrogens with one attached hydrogen (secondary N) is 2. The molecule has 0 aliphatic carbocycles. The van der Waals surface area contributed by atoms with E-state index in [-0.39, 0.29) is 22.7 Å². The van der Waals surface area contributed by atoms with Crippen LogP contribution >= 0.6 is 0 Å². The second-order valence-corrected chi connectivity index (χ2v) is 9.99. The number of carbonyl (C=O) groups excluding carboxylic acids is 2. The molecule has 0 radical (unpaired) electrons. The SMILES string of the molecule is O=C(NCC(=O)N1CCC[C@H]1C(=O)O)c1ccc(S(=O)(=O)Nc2ccccc2Oc2ccccc2)cc1. The normalized spacial score (nSPS) is 15.1. The number of hydrogen-bond donors (Lipinski definition) is 3. The first-order valence-electron chi connectivity index (χ1n) is 11.5. The Morgan fingerprint density at radius 2 is 1.62 bits per heavy atom. The van der Waals surface area contributed by atoms with Crippen LogP contribution in [-0.2, 0) is 19.6 Å². The van der Waals surface area contributed by atoms with Crippen molar-refractivity contribution in [2.75, 3.05) is 17.8 Å². The molecule has 3 aromatic carbocycles. The number of carboxylic acids is 1. The summed E-state index contributed by atoms with van der Waals surface area (Å²) in [6, 6.07) is 19.9. The zero-order valence-corrected chi connectivity index (χ0v) is 20.5. The van der Waals surface area contributed by atoms with Gasteiger partial charge in [0.2, 0.25) is 5.91 Å². The summed E-state index contributed by atoms with van der Waals surface area (Å²) in [5, 5.41) is 11.7. The van der Waals surface area contributed by atoms with E-state index < -0.39 is 33.8 Å². The molecule has 1 fully saturated rings. The predicted octanol–water partition coefficient (Wildman–Crippen LogP) is 3.09. The number of hydrogen-bond acceptors (Lipinski definition) is 6. The predicted molar refractivity (Wildman–Crippen MR) is 135 cm³/mol. The summed E-state index contributed by atoms with van der Waals surface area (Å²) in [7, 11) is -4.00. The quantitative estimate of drug-likeness (QED) is 0.391. The van der Waals surface area contributed by atoms with E-state index in [9.17, 15) is 27.9 Å². The first-order valence-corrected chi connectivity index (χ1v) is 13.0.